The second kappa shape index (κ2) is 6.91. The Morgan fingerprint density at radius 2 is 2.26 bits per heavy atom. The maximum Gasteiger partial charge on any atom is 0.258 e. The molecule has 0 spiro atoms. The summed E-state index contributed by atoms with van der Waals surface area (Å²) < 4.78 is 11.9. The molecule has 1 amide bonds. The number of ether oxygens (including phenoxy) is 2. The smallest absolute Gasteiger partial charge is 0.258 e. The van der Waals surface area contributed by atoms with E-state index in [0.29, 0.717) is 5.75 Å². The van der Waals surface area contributed by atoms with Crippen molar-refractivity contribution in [3.05, 3.63) is 28.7 Å². The topological polar surface area (TPSA) is 47.6 Å². The zero-order chi connectivity index (χ0) is 13.7. The minimum atomic E-state index is -0.120. The first-order valence-electron chi connectivity index (χ1n) is 6.44. The molecule has 1 aliphatic rings. The second-order valence-electron chi connectivity index (χ2n) is 4.65. The molecule has 1 N–H and O–H groups in total. The predicted octanol–water partition coefficient (Wildman–Crippen LogP) is 2.51. The van der Waals surface area contributed by atoms with E-state index in [1.165, 1.54) is 0 Å². The average molecular weight is 328 g/mol. The summed E-state index contributed by atoms with van der Waals surface area (Å²) >= 11 is 3.35. The molecule has 0 aromatic heterocycles. The lowest BCUT2D eigenvalue weighted by Crippen LogP contribution is -2.42. The highest BCUT2D eigenvalue weighted by Gasteiger charge is 2.23. The summed E-state index contributed by atoms with van der Waals surface area (Å²) in [5, 5.41) is 2.91. The molecule has 1 aliphatic heterocycles. The quantitative estimate of drug-likeness (QED) is 0.903. The highest BCUT2D eigenvalue weighted by molar-refractivity contribution is 9.10. The van der Waals surface area contributed by atoms with Gasteiger partial charge in [-0.05, 0) is 44.0 Å². The van der Waals surface area contributed by atoms with Crippen LogP contribution < -0.4 is 10.1 Å². The fraction of sp³-hybridized carbons (Fsp3) is 0.500. The van der Waals surface area contributed by atoms with Gasteiger partial charge in [-0.15, -0.1) is 0 Å². The maximum atomic E-state index is 11.7. The van der Waals surface area contributed by atoms with Gasteiger partial charge in [0.15, 0.2) is 6.61 Å². The monoisotopic (exact) mass is 327 g/mol. The van der Waals surface area contributed by atoms with Gasteiger partial charge in [-0.25, -0.2) is 0 Å². The maximum absolute atomic E-state index is 11.7. The third kappa shape index (κ3) is 4.51. The fourth-order valence-electron chi connectivity index (χ4n) is 2.07. The molecular weight excluding hydrogens is 310 g/mol. The van der Waals surface area contributed by atoms with Crippen molar-refractivity contribution in [1.29, 1.82) is 0 Å². The molecule has 0 radical (unpaired) electrons. The summed E-state index contributed by atoms with van der Waals surface area (Å²) in [6, 6.07) is 7.43. The number of hydrogen-bond donors (Lipinski definition) is 1. The minimum Gasteiger partial charge on any atom is -0.484 e. The summed E-state index contributed by atoms with van der Waals surface area (Å²) in [6.07, 6.45) is 2.21. The molecule has 0 aliphatic carbocycles. The van der Waals surface area contributed by atoms with Gasteiger partial charge in [0, 0.05) is 11.1 Å². The van der Waals surface area contributed by atoms with E-state index in [4.69, 9.17) is 9.47 Å². The summed E-state index contributed by atoms with van der Waals surface area (Å²) in [4.78, 5) is 11.7. The molecule has 2 atom stereocenters. The summed E-state index contributed by atoms with van der Waals surface area (Å²) in [6.45, 7) is 2.78. The first-order valence-corrected chi connectivity index (χ1v) is 7.24. The SMILES string of the molecule is C[C@H](NC(=O)COc1ccc(Br)cc1)[C@H]1CCCO1. The third-order valence-corrected chi connectivity index (χ3v) is 3.62. The summed E-state index contributed by atoms with van der Waals surface area (Å²) in [7, 11) is 0. The Morgan fingerprint density at radius 3 is 2.89 bits per heavy atom. The fourth-order valence-corrected chi connectivity index (χ4v) is 2.33. The largest absolute Gasteiger partial charge is 0.484 e. The van der Waals surface area contributed by atoms with Crippen molar-refractivity contribution in [2.45, 2.75) is 31.9 Å². The second-order valence-corrected chi connectivity index (χ2v) is 5.57. The van der Waals surface area contributed by atoms with Gasteiger partial charge in [-0.3, -0.25) is 4.79 Å². The molecule has 0 bridgehead atoms. The Balaban J connectivity index is 1.73. The molecule has 5 heteroatoms. The summed E-state index contributed by atoms with van der Waals surface area (Å²) in [5.74, 6) is 0.564. The first-order chi connectivity index (χ1) is 9.15. The Hall–Kier alpha value is -1.07. The van der Waals surface area contributed by atoms with Crippen molar-refractivity contribution in [3.63, 3.8) is 0 Å². The van der Waals surface area contributed by atoms with E-state index >= 15 is 0 Å². The zero-order valence-corrected chi connectivity index (χ0v) is 12.5. The van der Waals surface area contributed by atoms with Gasteiger partial charge < -0.3 is 14.8 Å². The van der Waals surface area contributed by atoms with Gasteiger partial charge in [-0.1, -0.05) is 15.9 Å². The number of carbonyl (C=O) groups is 1. The van der Waals surface area contributed by atoms with E-state index < -0.39 is 0 Å². The normalized spacial score (nSPS) is 20.0. The van der Waals surface area contributed by atoms with Crippen LogP contribution >= 0.6 is 15.9 Å². The van der Waals surface area contributed by atoms with Crippen molar-refractivity contribution < 1.29 is 14.3 Å². The van der Waals surface area contributed by atoms with Crippen LogP contribution in [-0.2, 0) is 9.53 Å². The van der Waals surface area contributed by atoms with E-state index in [0.717, 1.165) is 23.9 Å². The highest BCUT2D eigenvalue weighted by Crippen LogP contribution is 2.17. The van der Waals surface area contributed by atoms with Crippen molar-refractivity contribution >= 4 is 21.8 Å². The van der Waals surface area contributed by atoms with Gasteiger partial charge in [0.2, 0.25) is 0 Å². The Labute approximate surface area is 121 Å². The number of hydrogen-bond acceptors (Lipinski definition) is 3. The van der Waals surface area contributed by atoms with Crippen LogP contribution in [0, 0.1) is 0 Å². The van der Waals surface area contributed by atoms with Gasteiger partial charge in [0.25, 0.3) is 5.91 Å². The van der Waals surface area contributed by atoms with E-state index in [2.05, 4.69) is 21.2 Å². The van der Waals surface area contributed by atoms with Gasteiger partial charge in [0.1, 0.15) is 5.75 Å². The van der Waals surface area contributed by atoms with Crippen molar-refractivity contribution in [1.82, 2.24) is 5.32 Å². The van der Waals surface area contributed by atoms with Crippen LogP contribution in [-0.4, -0.2) is 31.3 Å². The predicted molar refractivity (Wildman–Crippen MR) is 76.2 cm³/mol. The molecule has 1 fully saturated rings. The van der Waals surface area contributed by atoms with Crippen molar-refractivity contribution in [2.24, 2.45) is 0 Å². The van der Waals surface area contributed by atoms with Crippen LogP contribution in [0.4, 0.5) is 0 Å². The summed E-state index contributed by atoms with van der Waals surface area (Å²) in [5.41, 5.74) is 0. The molecule has 1 saturated heterocycles. The van der Waals surface area contributed by atoms with E-state index in [1.807, 2.05) is 31.2 Å². The first kappa shape index (κ1) is 14.3. The number of rotatable bonds is 5. The third-order valence-electron chi connectivity index (χ3n) is 3.09. The van der Waals surface area contributed by atoms with Gasteiger partial charge >= 0.3 is 0 Å². The molecular formula is C14H18BrNO3. The Bertz CT molecular complexity index is 415. The van der Waals surface area contributed by atoms with E-state index in [1.54, 1.807) is 0 Å². The van der Waals surface area contributed by atoms with E-state index in [-0.39, 0.29) is 24.7 Å². The molecule has 4 nitrogen and oxygen atoms in total. The number of halogens is 1. The van der Waals surface area contributed by atoms with Gasteiger partial charge in [0.05, 0.1) is 12.1 Å². The van der Waals surface area contributed by atoms with Gasteiger partial charge in [-0.2, -0.15) is 0 Å². The van der Waals surface area contributed by atoms with Crippen molar-refractivity contribution in [3.8, 4) is 5.75 Å². The van der Waals surface area contributed by atoms with E-state index in [9.17, 15) is 4.79 Å². The molecule has 0 saturated carbocycles. The lowest BCUT2D eigenvalue weighted by molar-refractivity contribution is -0.124. The lowest BCUT2D eigenvalue weighted by Gasteiger charge is -2.20. The van der Waals surface area contributed by atoms with Crippen LogP contribution in [0.5, 0.6) is 5.75 Å². The number of amides is 1. The average Bonchev–Trinajstić information content (AvgIpc) is 2.92. The van der Waals surface area contributed by atoms with Crippen LogP contribution in [0.1, 0.15) is 19.8 Å². The number of benzene rings is 1. The van der Waals surface area contributed by atoms with Crippen molar-refractivity contribution in [2.75, 3.05) is 13.2 Å². The van der Waals surface area contributed by atoms with Crippen LogP contribution in [0.25, 0.3) is 0 Å². The van der Waals surface area contributed by atoms with Crippen LogP contribution in [0.15, 0.2) is 28.7 Å². The zero-order valence-electron chi connectivity index (χ0n) is 10.9. The number of carbonyl (C=O) groups excluding carboxylic acids is 1. The molecule has 2 rings (SSSR count). The lowest BCUT2D eigenvalue weighted by atomic mass is 10.1. The molecule has 19 heavy (non-hydrogen) atoms. The highest BCUT2D eigenvalue weighted by atomic mass is 79.9. The molecule has 104 valence electrons. The molecule has 0 unspecified atom stereocenters. The standard InChI is InChI=1S/C14H18BrNO3/c1-10(13-3-2-8-18-13)16-14(17)9-19-12-6-4-11(15)5-7-12/h4-7,10,13H,2-3,8-9H2,1H3,(H,16,17)/t10-,13+/m0/s1. The Morgan fingerprint density at radius 1 is 1.53 bits per heavy atom. The minimum absolute atomic E-state index is 0.0265. The Kier molecular flexibility index (Phi) is 5.22. The molecule has 1 aromatic rings. The van der Waals surface area contributed by atoms with Crippen LogP contribution in [0.3, 0.4) is 0 Å². The molecule has 1 heterocycles. The molecule has 1 aromatic carbocycles. The van der Waals surface area contributed by atoms with Crippen LogP contribution in [0.2, 0.25) is 0 Å². The number of nitrogens with one attached hydrogen (secondary N) is 1.